The number of rotatable bonds is 11. The molecule has 0 aliphatic carbocycles. The Hall–Kier alpha value is -0.0200. The highest BCUT2D eigenvalue weighted by molar-refractivity contribution is 9.10. The smallest absolute Gasteiger partial charge is 0.126 e. The molecule has 0 atom stereocenters. The van der Waals surface area contributed by atoms with Gasteiger partial charge in [-0.25, -0.2) is 0 Å². The molecule has 0 radical (unpaired) electrons. The van der Waals surface area contributed by atoms with Gasteiger partial charge in [-0.05, 0) is 31.0 Å². The molecule has 1 nitrogen and oxygen atoms in total. The van der Waals surface area contributed by atoms with Crippen LogP contribution in [0.4, 0.5) is 0 Å². The average Bonchev–Trinajstić information content (AvgIpc) is 2.46. The number of aryl methyl sites for hydroxylation is 1. The van der Waals surface area contributed by atoms with Crippen LogP contribution in [0.5, 0.6) is 5.75 Å². The zero-order valence-electron chi connectivity index (χ0n) is 13.4. The lowest BCUT2D eigenvalue weighted by atomic mass is 10.1. The summed E-state index contributed by atoms with van der Waals surface area (Å²) in [6.07, 6.45) is 10.7. The normalized spacial score (nSPS) is 10.9. The standard InChI is InChI=1S/C18H28Br2O/c1-3-4-5-6-7-8-9-10-11-21-18-15(2)12-17(20)13-16(18)14-19/h12-13H,3-11,14H2,1-2H3. The first-order valence-electron chi connectivity index (χ1n) is 8.16. The number of hydrogen-bond acceptors (Lipinski definition) is 1. The van der Waals surface area contributed by atoms with Crippen molar-refractivity contribution < 1.29 is 4.74 Å². The van der Waals surface area contributed by atoms with Crippen molar-refractivity contribution in [3.8, 4) is 5.75 Å². The quantitative estimate of drug-likeness (QED) is 0.272. The summed E-state index contributed by atoms with van der Waals surface area (Å²) in [7, 11) is 0. The van der Waals surface area contributed by atoms with Crippen molar-refractivity contribution in [2.75, 3.05) is 6.61 Å². The summed E-state index contributed by atoms with van der Waals surface area (Å²) in [6.45, 7) is 5.21. The lowest BCUT2D eigenvalue weighted by molar-refractivity contribution is 0.300. The third-order valence-corrected chi connectivity index (χ3v) is 4.77. The predicted molar refractivity (Wildman–Crippen MR) is 99.6 cm³/mol. The van der Waals surface area contributed by atoms with Crippen molar-refractivity contribution in [1.29, 1.82) is 0 Å². The molecule has 0 heterocycles. The van der Waals surface area contributed by atoms with E-state index in [1.807, 2.05) is 0 Å². The summed E-state index contributed by atoms with van der Waals surface area (Å²) < 4.78 is 7.13. The first-order valence-corrected chi connectivity index (χ1v) is 10.1. The van der Waals surface area contributed by atoms with Gasteiger partial charge in [0.15, 0.2) is 0 Å². The van der Waals surface area contributed by atoms with Gasteiger partial charge in [0.2, 0.25) is 0 Å². The van der Waals surface area contributed by atoms with Gasteiger partial charge >= 0.3 is 0 Å². The molecule has 0 aliphatic rings. The van der Waals surface area contributed by atoms with Crippen LogP contribution >= 0.6 is 31.9 Å². The maximum atomic E-state index is 6.01. The summed E-state index contributed by atoms with van der Waals surface area (Å²) in [5.74, 6) is 1.05. The Labute approximate surface area is 147 Å². The molecule has 0 saturated heterocycles. The molecule has 0 saturated carbocycles. The molecular formula is C18H28Br2O. The van der Waals surface area contributed by atoms with Gasteiger partial charge in [0.05, 0.1) is 6.61 Å². The molecule has 0 N–H and O–H groups in total. The fourth-order valence-corrected chi connectivity index (χ4v) is 3.55. The Kier molecular flexibility index (Phi) is 10.5. The van der Waals surface area contributed by atoms with E-state index >= 15 is 0 Å². The van der Waals surface area contributed by atoms with Crippen LogP contribution in [0, 0.1) is 6.92 Å². The van der Waals surface area contributed by atoms with E-state index in [9.17, 15) is 0 Å². The molecule has 1 aromatic carbocycles. The van der Waals surface area contributed by atoms with E-state index in [2.05, 4.69) is 57.8 Å². The number of halogens is 2. The van der Waals surface area contributed by atoms with Gasteiger partial charge in [0.1, 0.15) is 5.75 Å². The van der Waals surface area contributed by atoms with Gasteiger partial charge in [0, 0.05) is 15.4 Å². The summed E-state index contributed by atoms with van der Waals surface area (Å²) in [5, 5.41) is 0.833. The lowest BCUT2D eigenvalue weighted by Crippen LogP contribution is -2.01. The van der Waals surface area contributed by atoms with E-state index in [0.717, 1.165) is 28.6 Å². The topological polar surface area (TPSA) is 9.23 Å². The minimum absolute atomic E-state index is 0.831. The van der Waals surface area contributed by atoms with E-state index in [4.69, 9.17) is 4.74 Å². The maximum absolute atomic E-state index is 6.01. The van der Waals surface area contributed by atoms with Crippen molar-refractivity contribution >= 4 is 31.9 Å². The third kappa shape index (κ3) is 7.69. The van der Waals surface area contributed by atoms with Gasteiger partial charge < -0.3 is 4.74 Å². The summed E-state index contributed by atoms with van der Waals surface area (Å²) in [6, 6.07) is 4.25. The largest absolute Gasteiger partial charge is 0.493 e. The van der Waals surface area contributed by atoms with Crippen LogP contribution in [-0.4, -0.2) is 6.61 Å². The van der Waals surface area contributed by atoms with Crippen LogP contribution in [0.25, 0.3) is 0 Å². The predicted octanol–water partition coefficient (Wildman–Crippen LogP) is 7.17. The van der Waals surface area contributed by atoms with Gasteiger partial charge in [-0.3, -0.25) is 0 Å². The monoisotopic (exact) mass is 418 g/mol. The molecule has 0 amide bonds. The Balaban J connectivity index is 2.21. The van der Waals surface area contributed by atoms with Gasteiger partial charge in [-0.2, -0.15) is 0 Å². The zero-order chi connectivity index (χ0) is 15.5. The molecule has 120 valence electrons. The van der Waals surface area contributed by atoms with E-state index in [1.165, 1.54) is 56.1 Å². The molecule has 1 aromatic rings. The van der Waals surface area contributed by atoms with Crippen molar-refractivity contribution in [3.05, 3.63) is 27.7 Å². The van der Waals surface area contributed by atoms with Crippen LogP contribution in [-0.2, 0) is 5.33 Å². The van der Waals surface area contributed by atoms with Gasteiger partial charge in [-0.15, -0.1) is 0 Å². The van der Waals surface area contributed by atoms with E-state index in [-0.39, 0.29) is 0 Å². The van der Waals surface area contributed by atoms with Crippen LogP contribution in [0.15, 0.2) is 16.6 Å². The molecule has 0 aromatic heterocycles. The SMILES string of the molecule is CCCCCCCCCCOc1c(C)cc(Br)cc1CBr. The first-order chi connectivity index (χ1) is 10.2. The first kappa shape index (κ1) is 19.0. The molecular weight excluding hydrogens is 392 g/mol. The summed E-state index contributed by atoms with van der Waals surface area (Å²) in [4.78, 5) is 0. The van der Waals surface area contributed by atoms with E-state index in [1.54, 1.807) is 0 Å². The average molecular weight is 420 g/mol. The molecule has 0 bridgehead atoms. The summed E-state index contributed by atoms with van der Waals surface area (Å²) in [5.41, 5.74) is 2.43. The Morgan fingerprint density at radius 2 is 1.57 bits per heavy atom. The lowest BCUT2D eigenvalue weighted by Gasteiger charge is -2.13. The Morgan fingerprint density at radius 1 is 0.952 bits per heavy atom. The number of alkyl halides is 1. The highest BCUT2D eigenvalue weighted by Gasteiger charge is 2.08. The molecule has 0 aliphatic heterocycles. The Morgan fingerprint density at radius 3 is 2.19 bits per heavy atom. The van der Waals surface area contributed by atoms with E-state index in [0.29, 0.717) is 0 Å². The van der Waals surface area contributed by atoms with Gasteiger partial charge in [-0.1, -0.05) is 83.7 Å². The van der Waals surface area contributed by atoms with Crippen LogP contribution < -0.4 is 4.74 Å². The fraction of sp³-hybridized carbons (Fsp3) is 0.667. The highest BCUT2D eigenvalue weighted by Crippen LogP contribution is 2.29. The molecule has 0 fully saturated rings. The summed E-state index contributed by atoms with van der Waals surface area (Å²) >= 11 is 7.08. The zero-order valence-corrected chi connectivity index (χ0v) is 16.6. The van der Waals surface area contributed by atoms with Crippen LogP contribution in [0.3, 0.4) is 0 Å². The minimum Gasteiger partial charge on any atom is -0.493 e. The number of hydrogen-bond donors (Lipinski definition) is 0. The molecule has 3 heteroatoms. The molecule has 0 spiro atoms. The number of unbranched alkanes of at least 4 members (excludes halogenated alkanes) is 7. The second kappa shape index (κ2) is 11.5. The van der Waals surface area contributed by atoms with Crippen molar-refractivity contribution in [1.82, 2.24) is 0 Å². The fourth-order valence-electron chi connectivity index (χ4n) is 2.52. The van der Waals surface area contributed by atoms with E-state index < -0.39 is 0 Å². The molecule has 21 heavy (non-hydrogen) atoms. The number of ether oxygens (including phenoxy) is 1. The van der Waals surface area contributed by atoms with Crippen LogP contribution in [0.1, 0.15) is 69.4 Å². The number of benzene rings is 1. The minimum atomic E-state index is 0.831. The van der Waals surface area contributed by atoms with Crippen molar-refractivity contribution in [2.24, 2.45) is 0 Å². The molecule has 1 rings (SSSR count). The van der Waals surface area contributed by atoms with Crippen molar-refractivity contribution in [2.45, 2.75) is 70.5 Å². The maximum Gasteiger partial charge on any atom is 0.126 e. The van der Waals surface area contributed by atoms with Gasteiger partial charge in [0.25, 0.3) is 0 Å². The highest BCUT2D eigenvalue weighted by atomic mass is 79.9. The molecule has 0 unspecified atom stereocenters. The second-order valence-corrected chi connectivity index (χ2v) is 7.14. The third-order valence-electron chi connectivity index (χ3n) is 3.70. The Bertz CT molecular complexity index is 404. The van der Waals surface area contributed by atoms with Crippen LogP contribution in [0.2, 0.25) is 0 Å². The second-order valence-electron chi connectivity index (χ2n) is 5.67. The van der Waals surface area contributed by atoms with Crippen molar-refractivity contribution in [3.63, 3.8) is 0 Å².